The second kappa shape index (κ2) is 5.58. The highest BCUT2D eigenvalue weighted by Crippen LogP contribution is 2.31. The zero-order valence-corrected chi connectivity index (χ0v) is 9.96. The van der Waals surface area contributed by atoms with Crippen molar-refractivity contribution in [2.45, 2.75) is 44.8 Å². The van der Waals surface area contributed by atoms with Crippen molar-refractivity contribution in [2.24, 2.45) is 11.8 Å². The number of rotatable bonds is 3. The van der Waals surface area contributed by atoms with Crippen LogP contribution in [-0.4, -0.2) is 29.2 Å². The maximum Gasteiger partial charge on any atom is 0.471 e. The molecule has 0 aromatic rings. The summed E-state index contributed by atoms with van der Waals surface area (Å²) in [5.74, 6) is -3.76. The van der Waals surface area contributed by atoms with E-state index in [1.165, 1.54) is 0 Å². The summed E-state index contributed by atoms with van der Waals surface area (Å²) in [4.78, 5) is 21.8. The molecule has 3 atom stereocenters. The number of carbonyl (C=O) groups excluding carboxylic acids is 1. The highest BCUT2D eigenvalue weighted by atomic mass is 19.4. The molecule has 0 aliphatic heterocycles. The van der Waals surface area contributed by atoms with Gasteiger partial charge in [0.25, 0.3) is 0 Å². The van der Waals surface area contributed by atoms with Crippen molar-refractivity contribution in [2.75, 3.05) is 0 Å². The van der Waals surface area contributed by atoms with E-state index < -0.39 is 30.0 Å². The van der Waals surface area contributed by atoms with Crippen LogP contribution < -0.4 is 5.32 Å². The molecule has 0 saturated heterocycles. The third-order valence-corrected chi connectivity index (χ3v) is 3.26. The summed E-state index contributed by atoms with van der Waals surface area (Å²) in [6.45, 7) is 1.93. The Morgan fingerprint density at radius 1 is 1.33 bits per heavy atom. The average molecular weight is 267 g/mol. The maximum atomic E-state index is 12.1. The molecule has 3 unspecified atom stereocenters. The van der Waals surface area contributed by atoms with Crippen LogP contribution >= 0.6 is 0 Å². The van der Waals surface area contributed by atoms with Crippen molar-refractivity contribution in [3.8, 4) is 0 Å². The molecular weight excluding hydrogens is 251 g/mol. The van der Waals surface area contributed by atoms with Gasteiger partial charge in [-0.2, -0.15) is 13.2 Å². The molecular formula is C11H16F3NO3. The molecule has 7 heteroatoms. The first-order valence-electron chi connectivity index (χ1n) is 5.82. The van der Waals surface area contributed by atoms with Crippen molar-refractivity contribution in [1.82, 2.24) is 5.32 Å². The van der Waals surface area contributed by atoms with Crippen LogP contribution in [0.15, 0.2) is 0 Å². The van der Waals surface area contributed by atoms with Gasteiger partial charge >= 0.3 is 18.1 Å². The predicted octanol–water partition coefficient (Wildman–Crippen LogP) is 1.94. The molecule has 1 fully saturated rings. The quantitative estimate of drug-likeness (QED) is 0.821. The molecule has 104 valence electrons. The van der Waals surface area contributed by atoms with E-state index in [1.54, 1.807) is 5.32 Å². The maximum absolute atomic E-state index is 12.1. The third kappa shape index (κ3) is 3.89. The van der Waals surface area contributed by atoms with Gasteiger partial charge in [-0.15, -0.1) is 0 Å². The second-order valence-electron chi connectivity index (χ2n) is 4.82. The molecule has 1 rings (SSSR count). The Labute approximate surface area is 103 Å². The number of carbonyl (C=O) groups is 2. The van der Waals surface area contributed by atoms with Crippen LogP contribution in [0, 0.1) is 11.8 Å². The van der Waals surface area contributed by atoms with Crippen molar-refractivity contribution < 1.29 is 27.9 Å². The van der Waals surface area contributed by atoms with Gasteiger partial charge in [0.15, 0.2) is 0 Å². The van der Waals surface area contributed by atoms with E-state index in [4.69, 9.17) is 5.11 Å². The first-order chi connectivity index (χ1) is 8.21. The molecule has 0 aromatic heterocycles. The minimum absolute atomic E-state index is 0.272. The molecule has 0 spiro atoms. The van der Waals surface area contributed by atoms with E-state index in [0.29, 0.717) is 12.8 Å². The number of hydrogen-bond acceptors (Lipinski definition) is 2. The molecule has 0 bridgehead atoms. The third-order valence-electron chi connectivity index (χ3n) is 3.26. The lowest BCUT2D eigenvalue weighted by molar-refractivity contribution is -0.176. The van der Waals surface area contributed by atoms with Crippen LogP contribution in [0.25, 0.3) is 0 Å². The topological polar surface area (TPSA) is 66.4 Å². The van der Waals surface area contributed by atoms with Gasteiger partial charge in [0.2, 0.25) is 0 Å². The minimum atomic E-state index is -5.05. The summed E-state index contributed by atoms with van der Waals surface area (Å²) < 4.78 is 36.3. The smallest absolute Gasteiger partial charge is 0.471 e. The summed E-state index contributed by atoms with van der Waals surface area (Å²) >= 11 is 0. The number of hydrogen-bond donors (Lipinski definition) is 2. The van der Waals surface area contributed by atoms with Gasteiger partial charge in [-0.25, -0.2) is 4.79 Å². The van der Waals surface area contributed by atoms with Crippen LogP contribution in [0.3, 0.4) is 0 Å². The minimum Gasteiger partial charge on any atom is -0.480 e. The van der Waals surface area contributed by atoms with Crippen molar-refractivity contribution in [1.29, 1.82) is 0 Å². The fourth-order valence-electron chi connectivity index (χ4n) is 2.39. The molecule has 0 heterocycles. The lowest BCUT2D eigenvalue weighted by atomic mass is 9.78. The fraction of sp³-hybridized carbons (Fsp3) is 0.818. The average Bonchev–Trinajstić information content (AvgIpc) is 2.23. The van der Waals surface area contributed by atoms with Gasteiger partial charge in [-0.05, 0) is 24.7 Å². The van der Waals surface area contributed by atoms with E-state index in [-0.39, 0.29) is 5.92 Å². The number of carboxylic acid groups (broad SMARTS) is 1. The van der Waals surface area contributed by atoms with Gasteiger partial charge in [-0.3, -0.25) is 4.79 Å². The number of amides is 1. The SMILES string of the molecule is CC1CCCC(C(NC(=O)C(F)(F)F)C(=O)O)C1. The van der Waals surface area contributed by atoms with Gasteiger partial charge < -0.3 is 10.4 Å². The summed E-state index contributed by atoms with van der Waals surface area (Å²) in [6.07, 6.45) is -2.28. The lowest BCUT2D eigenvalue weighted by Crippen LogP contribution is -2.51. The normalized spacial score (nSPS) is 26.4. The van der Waals surface area contributed by atoms with E-state index in [0.717, 1.165) is 12.8 Å². The molecule has 1 amide bonds. The van der Waals surface area contributed by atoms with Crippen molar-refractivity contribution in [3.05, 3.63) is 0 Å². The fourth-order valence-corrected chi connectivity index (χ4v) is 2.39. The van der Waals surface area contributed by atoms with Crippen LogP contribution in [0.4, 0.5) is 13.2 Å². The monoisotopic (exact) mass is 267 g/mol. The van der Waals surface area contributed by atoms with Crippen LogP contribution in [0.5, 0.6) is 0 Å². The second-order valence-corrected chi connectivity index (χ2v) is 4.82. The highest BCUT2D eigenvalue weighted by Gasteiger charge is 2.43. The van der Waals surface area contributed by atoms with Crippen LogP contribution in [-0.2, 0) is 9.59 Å². The lowest BCUT2D eigenvalue weighted by Gasteiger charge is -2.31. The molecule has 4 nitrogen and oxygen atoms in total. The molecule has 1 saturated carbocycles. The first kappa shape index (κ1) is 14.8. The zero-order valence-electron chi connectivity index (χ0n) is 9.96. The summed E-state index contributed by atoms with van der Waals surface area (Å²) in [6, 6.07) is -1.46. The highest BCUT2D eigenvalue weighted by molar-refractivity contribution is 5.87. The Kier molecular flexibility index (Phi) is 4.59. The molecule has 2 N–H and O–H groups in total. The number of aliphatic carboxylic acids is 1. The number of halogens is 3. The standard InChI is InChI=1S/C11H16F3NO3/c1-6-3-2-4-7(5-6)8(9(16)17)15-10(18)11(12,13)14/h6-8H,2-5H2,1H3,(H,15,18)(H,16,17). The van der Waals surface area contributed by atoms with Crippen LogP contribution in [0.1, 0.15) is 32.6 Å². The van der Waals surface area contributed by atoms with E-state index in [9.17, 15) is 22.8 Å². The van der Waals surface area contributed by atoms with Gasteiger partial charge in [0.1, 0.15) is 6.04 Å². The summed E-state index contributed by atoms with van der Waals surface area (Å²) in [5, 5.41) is 10.5. The Morgan fingerprint density at radius 2 is 1.94 bits per heavy atom. The van der Waals surface area contributed by atoms with Gasteiger partial charge in [0, 0.05) is 0 Å². The molecule has 0 radical (unpaired) electrons. The first-order valence-corrected chi connectivity index (χ1v) is 5.82. The van der Waals surface area contributed by atoms with Crippen molar-refractivity contribution >= 4 is 11.9 Å². The van der Waals surface area contributed by atoms with Gasteiger partial charge in [-0.1, -0.05) is 19.8 Å². The molecule has 1 aliphatic rings. The molecule has 18 heavy (non-hydrogen) atoms. The Morgan fingerprint density at radius 3 is 2.39 bits per heavy atom. The largest absolute Gasteiger partial charge is 0.480 e. The van der Waals surface area contributed by atoms with Gasteiger partial charge in [0.05, 0.1) is 0 Å². The number of carboxylic acids is 1. The number of alkyl halides is 3. The summed E-state index contributed by atoms with van der Waals surface area (Å²) in [5.41, 5.74) is 0. The molecule has 0 aromatic carbocycles. The Hall–Kier alpha value is -1.27. The Bertz CT molecular complexity index is 330. The predicted molar refractivity (Wildman–Crippen MR) is 56.7 cm³/mol. The van der Waals surface area contributed by atoms with Crippen LogP contribution in [0.2, 0.25) is 0 Å². The number of nitrogens with one attached hydrogen (secondary N) is 1. The van der Waals surface area contributed by atoms with Crippen molar-refractivity contribution in [3.63, 3.8) is 0 Å². The summed E-state index contributed by atoms with van der Waals surface area (Å²) in [7, 11) is 0. The molecule has 1 aliphatic carbocycles. The zero-order chi connectivity index (χ0) is 13.9. The van der Waals surface area contributed by atoms with E-state index in [1.807, 2.05) is 6.92 Å². The Balaban J connectivity index is 2.71. The van der Waals surface area contributed by atoms with E-state index in [2.05, 4.69) is 0 Å². The van der Waals surface area contributed by atoms with E-state index >= 15 is 0 Å².